The first-order valence-corrected chi connectivity index (χ1v) is 8.26. The molecule has 0 aliphatic rings. The van der Waals surface area contributed by atoms with Gasteiger partial charge in [-0.05, 0) is 12.1 Å². The average molecular weight is 388 g/mol. The van der Waals surface area contributed by atoms with Crippen molar-refractivity contribution in [2.45, 2.75) is 0 Å². The highest BCUT2D eigenvalue weighted by atomic mass is 19.1. The van der Waals surface area contributed by atoms with E-state index >= 15 is 0 Å². The van der Waals surface area contributed by atoms with Crippen LogP contribution in [-0.4, -0.2) is 28.2 Å². The van der Waals surface area contributed by atoms with Gasteiger partial charge in [0.2, 0.25) is 0 Å². The molecule has 0 unspecified atom stereocenters. The van der Waals surface area contributed by atoms with Crippen LogP contribution >= 0.6 is 0 Å². The number of aromatic hydroxyl groups is 1. The second-order valence-electron chi connectivity index (χ2n) is 6.05. The maximum Gasteiger partial charge on any atom is 0.272 e. The third kappa shape index (κ3) is 3.43. The number of nitrogens with zero attached hydrogens (tertiary/aromatic N) is 4. The van der Waals surface area contributed by atoms with Gasteiger partial charge >= 0.3 is 0 Å². The van der Waals surface area contributed by atoms with Crippen LogP contribution in [0.15, 0.2) is 54.4 Å². The van der Waals surface area contributed by atoms with Gasteiger partial charge < -0.3 is 15.1 Å². The molecule has 1 heterocycles. The van der Waals surface area contributed by atoms with Gasteiger partial charge in [0.1, 0.15) is 17.9 Å². The number of anilines is 1. The monoisotopic (exact) mass is 388 g/mol. The van der Waals surface area contributed by atoms with E-state index in [4.69, 9.17) is 5.26 Å². The molecule has 0 aliphatic heterocycles. The number of carbonyl (C=O) groups is 1. The molecule has 2 aromatic carbocycles. The average Bonchev–Trinajstić information content (AvgIpc) is 2.74. The summed E-state index contributed by atoms with van der Waals surface area (Å²) in [6.07, 6.45) is 3.07. The van der Waals surface area contributed by atoms with Crippen LogP contribution in [0, 0.1) is 28.5 Å². The number of hydrogen-bond acceptors (Lipinski definition) is 6. The Morgan fingerprint density at radius 1 is 1.21 bits per heavy atom. The highest BCUT2D eigenvalue weighted by Gasteiger charge is 2.24. The minimum absolute atomic E-state index is 0.286. The van der Waals surface area contributed by atoms with E-state index in [1.54, 1.807) is 30.5 Å². The maximum absolute atomic E-state index is 13.8. The molecule has 0 fully saturated rings. The first-order valence-electron chi connectivity index (χ1n) is 8.26. The van der Waals surface area contributed by atoms with Crippen LogP contribution in [0.5, 0.6) is 5.75 Å². The number of aliphatic hydroxyl groups is 1. The highest BCUT2D eigenvalue weighted by molar-refractivity contribution is 6.14. The summed E-state index contributed by atoms with van der Waals surface area (Å²) in [5.41, 5.74) is -0.980. The lowest BCUT2D eigenvalue weighted by atomic mass is 10.0. The number of amides is 1. The van der Waals surface area contributed by atoms with Crippen molar-refractivity contribution < 1.29 is 19.4 Å². The number of rotatable bonds is 3. The number of phenolic OH excluding ortho intramolecular Hbond substituents is 1. The number of fused-ring (bicyclic) bond motifs is 1. The number of carbonyl (C=O) groups excluding carboxylic acids is 1. The van der Waals surface area contributed by atoms with Gasteiger partial charge in [-0.1, -0.05) is 24.3 Å². The fourth-order valence-corrected chi connectivity index (χ4v) is 2.81. The van der Waals surface area contributed by atoms with E-state index in [0.717, 1.165) is 22.4 Å². The van der Waals surface area contributed by atoms with Crippen LogP contribution in [0.4, 0.5) is 10.1 Å². The second-order valence-corrected chi connectivity index (χ2v) is 6.05. The summed E-state index contributed by atoms with van der Waals surface area (Å²) in [7, 11) is 1.41. The summed E-state index contributed by atoms with van der Waals surface area (Å²) in [4.78, 5) is 18.1. The van der Waals surface area contributed by atoms with Gasteiger partial charge in [-0.2, -0.15) is 10.5 Å². The summed E-state index contributed by atoms with van der Waals surface area (Å²) < 4.78 is 13.8. The Balaban J connectivity index is 2.10. The predicted octanol–water partition coefficient (Wildman–Crippen LogP) is 3.41. The molecule has 0 atom stereocenters. The van der Waals surface area contributed by atoms with Crippen molar-refractivity contribution in [2.75, 3.05) is 11.9 Å². The molecular weight excluding hydrogens is 375 g/mol. The second kappa shape index (κ2) is 7.67. The number of pyridine rings is 1. The van der Waals surface area contributed by atoms with Crippen molar-refractivity contribution in [3.05, 3.63) is 71.3 Å². The van der Waals surface area contributed by atoms with Crippen molar-refractivity contribution in [1.29, 1.82) is 10.5 Å². The van der Waals surface area contributed by atoms with Gasteiger partial charge in [0.05, 0.1) is 17.4 Å². The van der Waals surface area contributed by atoms with Crippen LogP contribution in [-0.2, 0) is 4.79 Å². The molecule has 29 heavy (non-hydrogen) atoms. The van der Waals surface area contributed by atoms with Crippen molar-refractivity contribution in [3.8, 4) is 17.9 Å². The summed E-state index contributed by atoms with van der Waals surface area (Å²) in [5, 5.41) is 39.8. The molecule has 8 heteroatoms. The Labute approximate surface area is 164 Å². The fourth-order valence-electron chi connectivity index (χ4n) is 2.81. The lowest BCUT2D eigenvalue weighted by molar-refractivity contribution is -0.114. The lowest BCUT2D eigenvalue weighted by Gasteiger charge is -2.19. The van der Waals surface area contributed by atoms with E-state index in [2.05, 4.69) is 4.98 Å². The minimum atomic E-state index is -1.16. The number of hydrogen-bond donors (Lipinski definition) is 2. The normalized spacial score (nSPS) is 11.3. The summed E-state index contributed by atoms with van der Waals surface area (Å²) in [6, 6.07) is 12.1. The zero-order valence-corrected chi connectivity index (χ0v) is 15.1. The first-order chi connectivity index (χ1) is 13.9. The number of halogens is 1. The van der Waals surface area contributed by atoms with Gasteiger partial charge in [0.25, 0.3) is 5.91 Å². The van der Waals surface area contributed by atoms with Crippen molar-refractivity contribution in [2.24, 2.45) is 0 Å². The smallest absolute Gasteiger partial charge is 0.272 e. The number of phenols is 1. The molecule has 2 N–H and O–H groups in total. The van der Waals surface area contributed by atoms with E-state index in [0.29, 0.717) is 11.1 Å². The van der Waals surface area contributed by atoms with Crippen LogP contribution < -0.4 is 4.90 Å². The molecular formula is C21H13FN4O3. The van der Waals surface area contributed by atoms with Crippen LogP contribution in [0.2, 0.25) is 0 Å². The first kappa shape index (κ1) is 19.3. The quantitative estimate of drug-likeness (QED) is 0.403. The molecule has 0 aliphatic carbocycles. The zero-order valence-electron chi connectivity index (χ0n) is 15.1. The number of likely N-dealkylation sites (N-methyl/N-ethyl adjacent to an activating group) is 1. The summed E-state index contributed by atoms with van der Waals surface area (Å²) in [5.74, 6) is -3.71. The molecule has 142 valence electrons. The Bertz CT molecular complexity index is 1250. The third-order valence-corrected chi connectivity index (χ3v) is 4.33. The Morgan fingerprint density at radius 3 is 2.62 bits per heavy atom. The molecule has 0 saturated carbocycles. The molecule has 3 aromatic rings. The number of aromatic nitrogens is 1. The van der Waals surface area contributed by atoms with Gasteiger partial charge in [-0.25, -0.2) is 4.39 Å². The maximum atomic E-state index is 13.8. The van der Waals surface area contributed by atoms with E-state index in [9.17, 15) is 24.7 Å². The van der Waals surface area contributed by atoms with Gasteiger partial charge in [0, 0.05) is 29.6 Å². The van der Waals surface area contributed by atoms with Crippen molar-refractivity contribution in [3.63, 3.8) is 0 Å². The molecule has 0 radical (unpaired) electrons. The molecule has 0 spiro atoms. The number of benzene rings is 2. The van der Waals surface area contributed by atoms with Crippen LogP contribution in [0.1, 0.15) is 11.1 Å². The summed E-state index contributed by atoms with van der Waals surface area (Å²) >= 11 is 0. The Morgan fingerprint density at radius 2 is 1.93 bits per heavy atom. The zero-order chi connectivity index (χ0) is 21.1. The number of aliphatic hydroxyl groups excluding tert-OH is 1. The molecule has 1 aromatic heterocycles. The minimum Gasteiger partial charge on any atom is -0.506 e. The summed E-state index contributed by atoms with van der Waals surface area (Å²) in [6.45, 7) is 0. The number of nitriles is 2. The van der Waals surface area contributed by atoms with Crippen LogP contribution in [0.25, 0.3) is 16.5 Å². The van der Waals surface area contributed by atoms with Gasteiger partial charge in [-0.3, -0.25) is 9.78 Å². The Kier molecular flexibility index (Phi) is 5.11. The topological polar surface area (TPSA) is 121 Å². The van der Waals surface area contributed by atoms with Crippen molar-refractivity contribution in [1.82, 2.24) is 4.98 Å². The lowest BCUT2D eigenvalue weighted by Crippen LogP contribution is -2.28. The largest absolute Gasteiger partial charge is 0.506 e. The van der Waals surface area contributed by atoms with E-state index in [-0.39, 0.29) is 5.56 Å². The predicted molar refractivity (Wildman–Crippen MR) is 103 cm³/mol. The van der Waals surface area contributed by atoms with E-state index < -0.39 is 34.4 Å². The molecule has 7 nitrogen and oxygen atoms in total. The standard InChI is InChI=1S/C21H13FN4O3/c1-26(18-11-25-10-12-4-2-3-5-15(12)18)21(29)16(9-24)19(27)13-6-14(8-23)20(28)17(22)7-13/h2-7,10-11,27-28H,1H3/b19-16-. The van der Waals surface area contributed by atoms with E-state index in [1.165, 1.54) is 13.2 Å². The van der Waals surface area contributed by atoms with Crippen molar-refractivity contribution >= 4 is 28.1 Å². The molecule has 0 bridgehead atoms. The SMILES string of the molecule is CN(C(=O)/C(C#N)=C(\O)c1cc(F)c(O)c(C#N)c1)c1cncc2ccccc12. The third-order valence-electron chi connectivity index (χ3n) is 4.33. The van der Waals surface area contributed by atoms with E-state index in [1.807, 2.05) is 12.1 Å². The van der Waals surface area contributed by atoms with Crippen LogP contribution in [0.3, 0.4) is 0 Å². The molecule has 3 rings (SSSR count). The molecule has 1 amide bonds. The fraction of sp³-hybridized carbons (Fsp3) is 0.0476. The van der Waals surface area contributed by atoms with Gasteiger partial charge in [-0.15, -0.1) is 0 Å². The van der Waals surface area contributed by atoms with Gasteiger partial charge in [0.15, 0.2) is 17.1 Å². The molecule has 0 saturated heterocycles. The highest BCUT2D eigenvalue weighted by Crippen LogP contribution is 2.29. The Hall–Kier alpha value is -4.43.